The SMILES string of the molecule is CC(C)(C)[C@H](CC(=O)ONC(=O)c1cc2cc(Cl)cnc2[nH]1)c1ccc(F)cc1. The van der Waals surface area contributed by atoms with Crippen LogP contribution in [0, 0.1) is 11.2 Å². The summed E-state index contributed by atoms with van der Waals surface area (Å²) in [5, 5.41) is 1.11. The Bertz CT molecular complexity index is 1040. The van der Waals surface area contributed by atoms with Crippen LogP contribution in [0.1, 0.15) is 49.2 Å². The molecule has 8 heteroatoms. The molecule has 2 aromatic heterocycles. The number of aromatic amines is 1. The van der Waals surface area contributed by atoms with E-state index in [9.17, 15) is 14.0 Å². The molecule has 1 aromatic carbocycles. The molecule has 1 amide bonds. The normalized spacial score (nSPS) is 12.6. The van der Waals surface area contributed by atoms with E-state index < -0.39 is 11.9 Å². The van der Waals surface area contributed by atoms with Gasteiger partial charge in [0.1, 0.15) is 17.2 Å². The van der Waals surface area contributed by atoms with E-state index in [4.69, 9.17) is 16.4 Å². The number of amides is 1. The summed E-state index contributed by atoms with van der Waals surface area (Å²) in [7, 11) is 0. The summed E-state index contributed by atoms with van der Waals surface area (Å²) in [5.74, 6) is -1.77. The van der Waals surface area contributed by atoms with Crippen molar-refractivity contribution >= 4 is 34.5 Å². The maximum absolute atomic E-state index is 13.2. The second kappa shape index (κ2) is 8.21. The van der Waals surface area contributed by atoms with Gasteiger partial charge in [-0.3, -0.25) is 4.79 Å². The number of carbonyl (C=O) groups excluding carboxylic acids is 2. The summed E-state index contributed by atoms with van der Waals surface area (Å²) in [6.07, 6.45) is 1.49. The van der Waals surface area contributed by atoms with Gasteiger partial charge in [0.15, 0.2) is 0 Å². The van der Waals surface area contributed by atoms with Crippen LogP contribution in [0.25, 0.3) is 11.0 Å². The van der Waals surface area contributed by atoms with Crippen LogP contribution in [-0.2, 0) is 9.63 Å². The summed E-state index contributed by atoms with van der Waals surface area (Å²) in [6, 6.07) is 9.25. The van der Waals surface area contributed by atoms with Gasteiger partial charge in [0.05, 0.1) is 11.4 Å². The van der Waals surface area contributed by atoms with Gasteiger partial charge >= 0.3 is 5.97 Å². The van der Waals surface area contributed by atoms with Gasteiger partial charge in [-0.15, -0.1) is 0 Å². The molecular formula is C21H21ClFN3O3. The molecule has 0 bridgehead atoms. The van der Waals surface area contributed by atoms with Crippen molar-refractivity contribution in [2.45, 2.75) is 33.1 Å². The Morgan fingerprint density at radius 2 is 1.93 bits per heavy atom. The molecule has 0 saturated carbocycles. The molecule has 0 fully saturated rings. The molecule has 0 spiro atoms. The van der Waals surface area contributed by atoms with E-state index in [0.29, 0.717) is 16.1 Å². The number of pyridine rings is 1. The largest absolute Gasteiger partial charge is 0.340 e. The Balaban J connectivity index is 1.65. The first-order valence-corrected chi connectivity index (χ1v) is 9.41. The Hall–Kier alpha value is -2.93. The van der Waals surface area contributed by atoms with Crippen LogP contribution in [0.4, 0.5) is 4.39 Å². The van der Waals surface area contributed by atoms with Gasteiger partial charge in [-0.25, -0.2) is 14.2 Å². The zero-order valence-corrected chi connectivity index (χ0v) is 17.0. The third kappa shape index (κ3) is 5.12. The molecule has 0 unspecified atom stereocenters. The highest BCUT2D eigenvalue weighted by Gasteiger charge is 2.29. The molecular weight excluding hydrogens is 397 g/mol. The van der Waals surface area contributed by atoms with Crippen LogP contribution < -0.4 is 5.48 Å². The number of hydrogen-bond acceptors (Lipinski definition) is 4. The number of nitrogens with one attached hydrogen (secondary N) is 2. The maximum atomic E-state index is 13.2. The zero-order chi connectivity index (χ0) is 21.2. The first-order valence-electron chi connectivity index (χ1n) is 9.03. The first kappa shape index (κ1) is 20.8. The quantitative estimate of drug-likeness (QED) is 0.599. The number of carbonyl (C=O) groups is 2. The van der Waals surface area contributed by atoms with Crippen LogP contribution in [0.15, 0.2) is 42.6 Å². The van der Waals surface area contributed by atoms with Crippen molar-refractivity contribution in [3.8, 4) is 0 Å². The van der Waals surface area contributed by atoms with Crippen molar-refractivity contribution in [3.05, 3.63) is 64.7 Å². The maximum Gasteiger partial charge on any atom is 0.332 e. The molecule has 0 aliphatic heterocycles. The highest BCUT2D eigenvalue weighted by atomic mass is 35.5. The molecule has 6 nitrogen and oxygen atoms in total. The summed E-state index contributed by atoms with van der Waals surface area (Å²) in [6.45, 7) is 5.94. The molecule has 3 aromatic rings. The van der Waals surface area contributed by atoms with Gasteiger partial charge in [0.25, 0.3) is 5.91 Å². The van der Waals surface area contributed by atoms with Crippen LogP contribution in [0.2, 0.25) is 5.02 Å². The summed E-state index contributed by atoms with van der Waals surface area (Å²) < 4.78 is 13.2. The number of hydroxylamine groups is 1. The highest BCUT2D eigenvalue weighted by Crippen LogP contribution is 2.38. The lowest BCUT2D eigenvalue weighted by Crippen LogP contribution is -2.30. The second-order valence-electron chi connectivity index (χ2n) is 7.85. The van der Waals surface area contributed by atoms with Gasteiger partial charge in [-0.2, -0.15) is 5.48 Å². The van der Waals surface area contributed by atoms with Crippen molar-refractivity contribution in [1.82, 2.24) is 15.4 Å². The Kier molecular flexibility index (Phi) is 5.88. The van der Waals surface area contributed by atoms with Crippen LogP contribution in [0.3, 0.4) is 0 Å². The number of benzene rings is 1. The summed E-state index contributed by atoms with van der Waals surface area (Å²) >= 11 is 5.89. The fraction of sp³-hybridized carbons (Fsp3) is 0.286. The fourth-order valence-corrected chi connectivity index (χ4v) is 3.26. The number of rotatable bonds is 4. The van der Waals surface area contributed by atoms with Crippen molar-refractivity contribution in [3.63, 3.8) is 0 Å². The van der Waals surface area contributed by atoms with Crippen molar-refractivity contribution in [2.24, 2.45) is 5.41 Å². The minimum atomic E-state index is -0.610. The zero-order valence-electron chi connectivity index (χ0n) is 16.3. The highest BCUT2D eigenvalue weighted by molar-refractivity contribution is 6.31. The Morgan fingerprint density at radius 1 is 1.24 bits per heavy atom. The standard InChI is InChI=1S/C21H21ClFN3O3/c1-21(2,3)16(12-4-6-15(23)7-5-12)10-18(27)29-26-20(28)17-9-13-8-14(22)11-24-19(13)25-17/h4-9,11,16H,10H2,1-3H3,(H,24,25)(H,26,28)/t16-/m1/s1. The third-order valence-electron chi connectivity index (χ3n) is 4.63. The molecule has 2 heterocycles. The number of hydrogen-bond donors (Lipinski definition) is 2. The van der Waals surface area contributed by atoms with Crippen molar-refractivity contribution in [1.29, 1.82) is 0 Å². The molecule has 0 radical (unpaired) electrons. The lowest BCUT2D eigenvalue weighted by molar-refractivity contribution is -0.150. The summed E-state index contributed by atoms with van der Waals surface area (Å²) in [4.78, 5) is 36.5. The summed E-state index contributed by atoms with van der Waals surface area (Å²) in [5.41, 5.74) is 3.38. The molecule has 1 atom stereocenters. The van der Waals surface area contributed by atoms with E-state index in [0.717, 1.165) is 5.56 Å². The van der Waals surface area contributed by atoms with Crippen molar-refractivity contribution in [2.75, 3.05) is 0 Å². The van der Waals surface area contributed by atoms with E-state index in [1.807, 2.05) is 20.8 Å². The van der Waals surface area contributed by atoms with E-state index in [1.165, 1.54) is 18.3 Å². The predicted octanol–water partition coefficient (Wildman–Crippen LogP) is 4.76. The van der Waals surface area contributed by atoms with Crippen LogP contribution >= 0.6 is 11.6 Å². The molecule has 3 rings (SSSR count). The van der Waals surface area contributed by atoms with Crippen LogP contribution in [0.5, 0.6) is 0 Å². The molecule has 152 valence electrons. The number of H-pyrrole nitrogens is 1. The average Bonchev–Trinajstić information content (AvgIpc) is 3.07. The van der Waals surface area contributed by atoms with Gasteiger partial charge in [0, 0.05) is 11.6 Å². The Labute approximate surface area is 172 Å². The average molecular weight is 418 g/mol. The van der Waals surface area contributed by atoms with Crippen LogP contribution in [-0.4, -0.2) is 21.8 Å². The minimum absolute atomic E-state index is 0.0271. The lowest BCUT2D eigenvalue weighted by atomic mass is 9.75. The third-order valence-corrected chi connectivity index (χ3v) is 4.83. The van der Waals surface area contributed by atoms with Gasteiger partial charge in [-0.1, -0.05) is 44.5 Å². The van der Waals surface area contributed by atoms with Crippen molar-refractivity contribution < 1.29 is 18.8 Å². The molecule has 0 aliphatic rings. The lowest BCUT2D eigenvalue weighted by Gasteiger charge is -2.30. The number of nitrogens with zero attached hydrogens (tertiary/aromatic N) is 1. The molecule has 29 heavy (non-hydrogen) atoms. The number of fused-ring (bicyclic) bond motifs is 1. The van der Waals surface area contributed by atoms with E-state index in [1.54, 1.807) is 24.3 Å². The smallest absolute Gasteiger partial charge is 0.332 e. The second-order valence-corrected chi connectivity index (χ2v) is 8.29. The molecule has 0 aliphatic carbocycles. The van der Waals surface area contributed by atoms with E-state index in [2.05, 4.69) is 15.4 Å². The Morgan fingerprint density at radius 3 is 2.59 bits per heavy atom. The first-order chi connectivity index (χ1) is 13.6. The molecule has 2 N–H and O–H groups in total. The predicted molar refractivity (Wildman–Crippen MR) is 108 cm³/mol. The van der Waals surface area contributed by atoms with E-state index >= 15 is 0 Å². The number of aromatic nitrogens is 2. The monoisotopic (exact) mass is 417 g/mol. The fourth-order valence-electron chi connectivity index (χ4n) is 3.10. The minimum Gasteiger partial charge on any atom is -0.340 e. The van der Waals surface area contributed by atoms with Gasteiger partial charge < -0.3 is 9.82 Å². The topological polar surface area (TPSA) is 84.1 Å². The van der Waals surface area contributed by atoms with E-state index in [-0.39, 0.29) is 29.3 Å². The van der Waals surface area contributed by atoms with Gasteiger partial charge in [0.2, 0.25) is 0 Å². The molecule has 0 saturated heterocycles. The van der Waals surface area contributed by atoms with Gasteiger partial charge in [-0.05, 0) is 41.2 Å². The number of halogens is 2.